The molecule has 5 nitrogen and oxygen atoms in total. The molecule has 2 rings (SSSR count). The summed E-state index contributed by atoms with van der Waals surface area (Å²) in [5.41, 5.74) is 0. The average Bonchev–Trinajstić information content (AvgIpc) is 2.78. The molecule has 0 saturated carbocycles. The van der Waals surface area contributed by atoms with Crippen LogP contribution in [0, 0.1) is 0 Å². The molecule has 1 aromatic rings. The second-order valence-electron chi connectivity index (χ2n) is 4.47. The van der Waals surface area contributed by atoms with Crippen molar-refractivity contribution in [2.24, 2.45) is 0 Å². The van der Waals surface area contributed by atoms with Crippen LogP contribution in [0.5, 0.6) is 0 Å². The van der Waals surface area contributed by atoms with Crippen molar-refractivity contribution in [3.8, 4) is 0 Å². The minimum atomic E-state index is 0.412. The van der Waals surface area contributed by atoms with Gasteiger partial charge in [0, 0.05) is 18.5 Å². The minimum Gasteiger partial charge on any atom is -0.381 e. The highest BCUT2D eigenvalue weighted by atomic mass is 32.2. The summed E-state index contributed by atoms with van der Waals surface area (Å²) in [4.78, 5) is 0. The summed E-state index contributed by atoms with van der Waals surface area (Å²) in [7, 11) is 0. The van der Waals surface area contributed by atoms with Crippen LogP contribution in [-0.4, -0.2) is 38.7 Å². The Labute approximate surface area is 106 Å². The van der Waals surface area contributed by atoms with Crippen molar-refractivity contribution in [2.45, 2.75) is 56.0 Å². The fourth-order valence-electron chi connectivity index (χ4n) is 2.07. The molecule has 1 aromatic heterocycles. The lowest BCUT2D eigenvalue weighted by molar-refractivity contribution is 0.0631. The van der Waals surface area contributed by atoms with Crippen LogP contribution in [0.4, 0.5) is 0 Å². The number of hydrogen-bond acceptors (Lipinski definition) is 5. The van der Waals surface area contributed by atoms with Gasteiger partial charge in [0.05, 0.1) is 6.04 Å². The molecule has 0 bridgehead atoms. The Morgan fingerprint density at radius 3 is 2.94 bits per heavy atom. The molecule has 1 aliphatic rings. The highest BCUT2D eigenvalue weighted by Gasteiger charge is 2.21. The monoisotopic (exact) mass is 256 g/mol. The van der Waals surface area contributed by atoms with Crippen molar-refractivity contribution >= 4 is 11.8 Å². The predicted octanol–water partition coefficient (Wildman–Crippen LogP) is 2.31. The third-order valence-electron chi connectivity index (χ3n) is 3.00. The summed E-state index contributed by atoms with van der Waals surface area (Å²) < 4.78 is 7.35. The summed E-state index contributed by atoms with van der Waals surface area (Å²) in [5.74, 6) is 0. The first kappa shape index (κ1) is 12.8. The Balaban J connectivity index is 2.00. The largest absolute Gasteiger partial charge is 0.381 e. The topological polar surface area (TPSA) is 52.8 Å². The van der Waals surface area contributed by atoms with Crippen molar-refractivity contribution in [3.05, 3.63) is 0 Å². The average molecular weight is 256 g/mol. The number of rotatable bonds is 5. The SMILES string of the molecule is CCC[C@H](C)Sc1nnnn1C1CCOCC1. The highest BCUT2D eigenvalue weighted by Crippen LogP contribution is 2.28. The maximum Gasteiger partial charge on any atom is 0.209 e. The van der Waals surface area contributed by atoms with Crippen LogP contribution in [0.3, 0.4) is 0 Å². The van der Waals surface area contributed by atoms with Crippen LogP contribution in [0.15, 0.2) is 5.16 Å². The molecule has 1 fully saturated rings. The highest BCUT2D eigenvalue weighted by molar-refractivity contribution is 7.99. The predicted molar refractivity (Wildman–Crippen MR) is 67.1 cm³/mol. The maximum atomic E-state index is 5.37. The molecule has 2 heterocycles. The van der Waals surface area contributed by atoms with Crippen LogP contribution in [0.2, 0.25) is 0 Å². The molecule has 0 radical (unpaired) electrons. The van der Waals surface area contributed by atoms with E-state index in [1.165, 1.54) is 12.8 Å². The lowest BCUT2D eigenvalue weighted by Gasteiger charge is -2.22. The molecule has 0 N–H and O–H groups in total. The van der Waals surface area contributed by atoms with Gasteiger partial charge in [-0.15, -0.1) is 5.10 Å². The van der Waals surface area contributed by atoms with Gasteiger partial charge in [0.15, 0.2) is 0 Å². The second kappa shape index (κ2) is 6.35. The first-order valence-electron chi connectivity index (χ1n) is 6.33. The van der Waals surface area contributed by atoms with Gasteiger partial charge in [0.25, 0.3) is 0 Å². The molecule has 0 aromatic carbocycles. The van der Waals surface area contributed by atoms with E-state index in [0.29, 0.717) is 11.3 Å². The number of thioether (sulfide) groups is 1. The van der Waals surface area contributed by atoms with Crippen LogP contribution in [0.25, 0.3) is 0 Å². The summed E-state index contributed by atoms with van der Waals surface area (Å²) in [6.07, 6.45) is 4.43. The Hall–Kier alpha value is -0.620. The summed E-state index contributed by atoms with van der Waals surface area (Å²) in [6, 6.07) is 0.412. The molecule has 6 heteroatoms. The number of hydrogen-bond donors (Lipinski definition) is 0. The smallest absolute Gasteiger partial charge is 0.209 e. The van der Waals surface area contributed by atoms with E-state index in [9.17, 15) is 0 Å². The lowest BCUT2D eigenvalue weighted by atomic mass is 10.1. The first-order chi connectivity index (χ1) is 8.31. The van der Waals surface area contributed by atoms with E-state index in [2.05, 4.69) is 29.4 Å². The van der Waals surface area contributed by atoms with E-state index in [4.69, 9.17) is 4.74 Å². The van der Waals surface area contributed by atoms with Gasteiger partial charge in [-0.2, -0.15) is 0 Å². The van der Waals surface area contributed by atoms with Gasteiger partial charge in [0.2, 0.25) is 5.16 Å². The molecular weight excluding hydrogens is 236 g/mol. The van der Waals surface area contributed by atoms with Crippen LogP contribution in [-0.2, 0) is 4.74 Å². The van der Waals surface area contributed by atoms with Gasteiger partial charge in [0.1, 0.15) is 0 Å². The standard InChI is InChI=1S/C11H20N4OS/c1-3-4-9(2)17-11-12-13-14-15(11)10-5-7-16-8-6-10/h9-10H,3-8H2,1-2H3/t9-/m0/s1. The molecule has 0 unspecified atom stereocenters. The van der Waals surface area contributed by atoms with Gasteiger partial charge >= 0.3 is 0 Å². The van der Waals surface area contributed by atoms with Crippen LogP contribution in [0.1, 0.15) is 45.6 Å². The van der Waals surface area contributed by atoms with Gasteiger partial charge in [-0.25, -0.2) is 4.68 Å². The van der Waals surface area contributed by atoms with Crippen molar-refractivity contribution in [3.63, 3.8) is 0 Å². The van der Waals surface area contributed by atoms with Gasteiger partial charge in [-0.1, -0.05) is 32.0 Å². The molecule has 0 spiro atoms. The maximum absolute atomic E-state index is 5.37. The first-order valence-corrected chi connectivity index (χ1v) is 7.21. The van der Waals surface area contributed by atoms with Gasteiger partial charge in [-0.3, -0.25) is 0 Å². The zero-order valence-electron chi connectivity index (χ0n) is 10.5. The molecule has 0 amide bonds. The fraction of sp³-hybridized carbons (Fsp3) is 0.909. The molecule has 1 aliphatic heterocycles. The molecule has 1 saturated heterocycles. The van der Waals surface area contributed by atoms with E-state index < -0.39 is 0 Å². The van der Waals surface area contributed by atoms with Gasteiger partial charge < -0.3 is 4.74 Å². The lowest BCUT2D eigenvalue weighted by Crippen LogP contribution is -2.21. The number of nitrogens with zero attached hydrogens (tertiary/aromatic N) is 4. The summed E-state index contributed by atoms with van der Waals surface area (Å²) in [5, 5.41) is 13.6. The third-order valence-corrected chi connectivity index (χ3v) is 4.12. The third kappa shape index (κ3) is 3.42. The van der Waals surface area contributed by atoms with Crippen molar-refractivity contribution in [1.82, 2.24) is 20.2 Å². The summed E-state index contributed by atoms with van der Waals surface area (Å²) >= 11 is 1.78. The molecule has 1 atom stereocenters. The van der Waals surface area contributed by atoms with Crippen molar-refractivity contribution in [2.75, 3.05) is 13.2 Å². The van der Waals surface area contributed by atoms with Crippen molar-refractivity contribution in [1.29, 1.82) is 0 Å². The zero-order chi connectivity index (χ0) is 12.1. The minimum absolute atomic E-state index is 0.412. The number of tetrazole rings is 1. The van der Waals surface area contributed by atoms with E-state index in [-0.39, 0.29) is 0 Å². The van der Waals surface area contributed by atoms with Crippen molar-refractivity contribution < 1.29 is 4.74 Å². The zero-order valence-corrected chi connectivity index (χ0v) is 11.3. The molecule has 17 heavy (non-hydrogen) atoms. The number of ether oxygens (including phenoxy) is 1. The van der Waals surface area contributed by atoms with Gasteiger partial charge in [-0.05, 0) is 29.7 Å². The van der Waals surface area contributed by atoms with Crippen LogP contribution < -0.4 is 0 Å². The fourth-order valence-corrected chi connectivity index (χ4v) is 3.16. The quantitative estimate of drug-likeness (QED) is 0.757. The normalized spacial score (nSPS) is 19.4. The van der Waals surface area contributed by atoms with E-state index >= 15 is 0 Å². The molecular formula is C11H20N4OS. The second-order valence-corrected chi connectivity index (χ2v) is 5.87. The summed E-state index contributed by atoms with van der Waals surface area (Å²) in [6.45, 7) is 6.08. The van der Waals surface area contributed by atoms with E-state index in [1.807, 2.05) is 4.68 Å². The Morgan fingerprint density at radius 2 is 2.24 bits per heavy atom. The Morgan fingerprint density at radius 1 is 1.47 bits per heavy atom. The van der Waals surface area contributed by atoms with E-state index in [0.717, 1.165) is 31.2 Å². The Kier molecular flexibility index (Phi) is 4.79. The van der Waals surface area contributed by atoms with E-state index in [1.54, 1.807) is 11.8 Å². The molecule has 0 aliphatic carbocycles. The van der Waals surface area contributed by atoms with Crippen LogP contribution >= 0.6 is 11.8 Å². The number of aromatic nitrogens is 4. The molecule has 96 valence electrons. The Bertz CT molecular complexity index is 338.